The molecule has 1 aliphatic rings. The quantitative estimate of drug-likeness (QED) is 0.481. The van der Waals surface area contributed by atoms with E-state index in [1.807, 2.05) is 12.1 Å². The van der Waals surface area contributed by atoms with Crippen LogP contribution in [-0.4, -0.2) is 28.6 Å². The van der Waals surface area contributed by atoms with E-state index in [0.29, 0.717) is 24.8 Å². The van der Waals surface area contributed by atoms with Crippen molar-refractivity contribution in [2.45, 2.75) is 19.3 Å². The molecule has 0 aliphatic carbocycles. The minimum Gasteiger partial charge on any atom is -0.478 e. The molecule has 5 nitrogen and oxygen atoms in total. The average Bonchev–Trinajstić information content (AvgIpc) is 2.55. The molecule has 2 N–H and O–H groups in total. The van der Waals surface area contributed by atoms with Crippen molar-refractivity contribution in [3.05, 3.63) is 17.7 Å². The van der Waals surface area contributed by atoms with E-state index in [9.17, 15) is 4.79 Å². The summed E-state index contributed by atoms with van der Waals surface area (Å²) < 4.78 is 6.70. The van der Waals surface area contributed by atoms with Gasteiger partial charge in [-0.15, -0.1) is 0 Å². The van der Waals surface area contributed by atoms with Crippen LogP contribution in [0.5, 0.6) is 5.88 Å². The summed E-state index contributed by atoms with van der Waals surface area (Å²) in [5, 5.41) is 5.46. The number of hydrogen-bond acceptors (Lipinski definition) is 3. The Labute approximate surface area is 120 Å². The van der Waals surface area contributed by atoms with Gasteiger partial charge < -0.3 is 10.1 Å². The van der Waals surface area contributed by atoms with E-state index in [4.69, 9.17) is 4.74 Å². The SMILES string of the molecule is O=C1NCCc2ccc(OCCCCI)nc2N1. The van der Waals surface area contributed by atoms with Gasteiger partial charge in [0.1, 0.15) is 5.82 Å². The molecule has 0 unspecified atom stereocenters. The highest BCUT2D eigenvalue weighted by atomic mass is 127. The van der Waals surface area contributed by atoms with E-state index in [0.717, 1.165) is 29.3 Å². The average molecular weight is 361 g/mol. The number of halogens is 1. The van der Waals surface area contributed by atoms with E-state index < -0.39 is 0 Å². The summed E-state index contributed by atoms with van der Waals surface area (Å²) in [6.07, 6.45) is 2.96. The van der Waals surface area contributed by atoms with Gasteiger partial charge in [0.2, 0.25) is 5.88 Å². The van der Waals surface area contributed by atoms with E-state index >= 15 is 0 Å². The zero-order valence-corrected chi connectivity index (χ0v) is 12.2. The fourth-order valence-corrected chi connectivity index (χ4v) is 2.24. The van der Waals surface area contributed by atoms with Crippen LogP contribution in [0.3, 0.4) is 0 Å². The van der Waals surface area contributed by atoms with Gasteiger partial charge in [-0.25, -0.2) is 4.79 Å². The van der Waals surface area contributed by atoms with Crippen LogP contribution in [0.4, 0.5) is 10.6 Å². The molecule has 1 aromatic heterocycles. The summed E-state index contributed by atoms with van der Waals surface area (Å²) >= 11 is 2.35. The highest BCUT2D eigenvalue weighted by Gasteiger charge is 2.13. The lowest BCUT2D eigenvalue weighted by molar-refractivity contribution is 0.252. The molecule has 0 fully saturated rings. The van der Waals surface area contributed by atoms with Crippen molar-refractivity contribution in [2.24, 2.45) is 0 Å². The lowest BCUT2D eigenvalue weighted by Gasteiger charge is -2.09. The molecule has 2 heterocycles. The number of rotatable bonds is 5. The Hall–Kier alpha value is -1.05. The van der Waals surface area contributed by atoms with E-state index in [2.05, 4.69) is 38.2 Å². The highest BCUT2D eigenvalue weighted by molar-refractivity contribution is 14.1. The van der Waals surface area contributed by atoms with Gasteiger partial charge in [-0.2, -0.15) is 4.98 Å². The van der Waals surface area contributed by atoms with Crippen LogP contribution >= 0.6 is 22.6 Å². The van der Waals surface area contributed by atoms with Crippen molar-refractivity contribution < 1.29 is 9.53 Å². The van der Waals surface area contributed by atoms with Gasteiger partial charge in [-0.05, 0) is 35.3 Å². The summed E-state index contributed by atoms with van der Waals surface area (Å²) in [5.41, 5.74) is 1.04. The first-order valence-electron chi connectivity index (χ1n) is 6.03. The Morgan fingerprint density at radius 1 is 1.39 bits per heavy atom. The summed E-state index contributed by atoms with van der Waals surface area (Å²) in [5.74, 6) is 1.18. The minimum atomic E-state index is -0.205. The molecule has 98 valence electrons. The largest absolute Gasteiger partial charge is 0.478 e. The molecule has 2 amide bonds. The molecule has 1 aromatic rings. The Kier molecular flexibility index (Phi) is 5.03. The number of amides is 2. The highest BCUT2D eigenvalue weighted by Crippen LogP contribution is 2.19. The van der Waals surface area contributed by atoms with Crippen molar-refractivity contribution in [2.75, 3.05) is 22.9 Å². The Balaban J connectivity index is 1.99. The first-order valence-corrected chi connectivity index (χ1v) is 7.55. The molecule has 0 aromatic carbocycles. The van der Waals surface area contributed by atoms with Crippen LogP contribution in [-0.2, 0) is 6.42 Å². The molecule has 0 saturated carbocycles. The normalized spacial score (nSPS) is 14.2. The van der Waals surface area contributed by atoms with E-state index in [1.165, 1.54) is 0 Å². The number of carbonyl (C=O) groups excluding carboxylic acids is 1. The number of nitrogens with zero attached hydrogens (tertiary/aromatic N) is 1. The molecular formula is C12H16IN3O2. The maximum absolute atomic E-state index is 11.4. The van der Waals surface area contributed by atoms with Crippen LogP contribution in [0, 0.1) is 0 Å². The number of ether oxygens (including phenoxy) is 1. The monoisotopic (exact) mass is 361 g/mol. The molecule has 0 saturated heterocycles. The zero-order valence-electron chi connectivity index (χ0n) is 10.0. The number of fused-ring (bicyclic) bond motifs is 1. The minimum absolute atomic E-state index is 0.205. The van der Waals surface area contributed by atoms with Crippen LogP contribution in [0.15, 0.2) is 12.1 Å². The van der Waals surface area contributed by atoms with Gasteiger partial charge in [0.15, 0.2) is 0 Å². The first kappa shape index (κ1) is 13.4. The fourth-order valence-electron chi connectivity index (χ4n) is 1.70. The third-order valence-corrected chi connectivity index (χ3v) is 3.41. The second kappa shape index (κ2) is 6.77. The topological polar surface area (TPSA) is 63.2 Å². The lowest BCUT2D eigenvalue weighted by atomic mass is 10.2. The number of urea groups is 1. The number of unbranched alkanes of at least 4 members (excludes halogenated alkanes) is 1. The zero-order chi connectivity index (χ0) is 12.8. The Morgan fingerprint density at radius 3 is 3.11 bits per heavy atom. The third kappa shape index (κ3) is 3.72. The standard InChI is InChI=1S/C12H16IN3O2/c13-6-1-2-8-18-10-4-3-9-5-7-14-12(17)16-11(9)15-10/h3-4H,1-2,5-8H2,(H2,14,15,16,17). The fraction of sp³-hybridized carbons (Fsp3) is 0.500. The van der Waals surface area contributed by atoms with Crippen molar-refractivity contribution in [1.29, 1.82) is 0 Å². The van der Waals surface area contributed by atoms with Gasteiger partial charge in [-0.3, -0.25) is 5.32 Å². The number of carbonyl (C=O) groups is 1. The molecule has 6 heteroatoms. The number of pyridine rings is 1. The summed E-state index contributed by atoms with van der Waals surface area (Å²) in [6.45, 7) is 1.30. The predicted molar refractivity (Wildman–Crippen MR) is 78.6 cm³/mol. The predicted octanol–water partition coefficient (Wildman–Crippen LogP) is 2.35. The van der Waals surface area contributed by atoms with Gasteiger partial charge in [0, 0.05) is 12.6 Å². The summed E-state index contributed by atoms with van der Waals surface area (Å²) in [7, 11) is 0. The first-order chi connectivity index (χ1) is 8.79. The van der Waals surface area contributed by atoms with Gasteiger partial charge in [0.05, 0.1) is 6.61 Å². The van der Waals surface area contributed by atoms with Crippen molar-refractivity contribution in [3.63, 3.8) is 0 Å². The summed E-state index contributed by atoms with van der Waals surface area (Å²) in [4.78, 5) is 15.7. The van der Waals surface area contributed by atoms with Crippen molar-refractivity contribution in [3.8, 4) is 5.88 Å². The van der Waals surface area contributed by atoms with Gasteiger partial charge >= 0.3 is 6.03 Å². The van der Waals surface area contributed by atoms with E-state index in [-0.39, 0.29) is 6.03 Å². The molecule has 2 rings (SSSR count). The molecule has 1 aliphatic heterocycles. The number of anilines is 1. The smallest absolute Gasteiger partial charge is 0.320 e. The molecular weight excluding hydrogens is 345 g/mol. The van der Waals surface area contributed by atoms with Gasteiger partial charge in [0.25, 0.3) is 0 Å². The third-order valence-electron chi connectivity index (χ3n) is 2.64. The number of aromatic nitrogens is 1. The van der Waals surface area contributed by atoms with Crippen LogP contribution in [0.1, 0.15) is 18.4 Å². The Morgan fingerprint density at radius 2 is 2.28 bits per heavy atom. The van der Waals surface area contributed by atoms with Crippen molar-refractivity contribution in [1.82, 2.24) is 10.3 Å². The number of alkyl halides is 1. The number of nitrogens with one attached hydrogen (secondary N) is 2. The molecule has 0 spiro atoms. The molecule has 0 radical (unpaired) electrons. The molecule has 0 bridgehead atoms. The number of hydrogen-bond donors (Lipinski definition) is 2. The van der Waals surface area contributed by atoms with Crippen LogP contribution < -0.4 is 15.4 Å². The van der Waals surface area contributed by atoms with Crippen LogP contribution in [0.2, 0.25) is 0 Å². The summed E-state index contributed by atoms with van der Waals surface area (Å²) in [6, 6.07) is 3.62. The van der Waals surface area contributed by atoms with E-state index in [1.54, 1.807) is 0 Å². The second-order valence-corrected chi connectivity index (χ2v) is 5.11. The second-order valence-electron chi connectivity index (χ2n) is 4.03. The Bertz CT molecular complexity index is 426. The lowest BCUT2D eigenvalue weighted by Crippen LogP contribution is -2.27. The van der Waals surface area contributed by atoms with Crippen LogP contribution in [0.25, 0.3) is 0 Å². The molecule has 0 atom stereocenters. The maximum Gasteiger partial charge on any atom is 0.320 e. The van der Waals surface area contributed by atoms with Crippen molar-refractivity contribution >= 4 is 34.4 Å². The molecule has 18 heavy (non-hydrogen) atoms. The van der Waals surface area contributed by atoms with Gasteiger partial charge in [-0.1, -0.05) is 22.6 Å². The maximum atomic E-state index is 11.4.